The van der Waals surface area contributed by atoms with Crippen molar-refractivity contribution in [1.82, 2.24) is 9.80 Å². The van der Waals surface area contributed by atoms with E-state index in [-0.39, 0.29) is 5.91 Å². The van der Waals surface area contributed by atoms with Crippen LogP contribution in [0.5, 0.6) is 5.75 Å². The molecule has 1 N–H and O–H groups in total. The highest BCUT2D eigenvalue weighted by Crippen LogP contribution is 2.26. The Bertz CT molecular complexity index is 585. The number of hydrogen-bond acceptors (Lipinski definition) is 5. The molecule has 1 saturated heterocycles. The van der Waals surface area contributed by atoms with E-state index in [4.69, 9.17) is 9.47 Å². The van der Waals surface area contributed by atoms with Crippen molar-refractivity contribution in [2.75, 3.05) is 52.5 Å². The molecular formula is C19H28N2O4. The summed E-state index contributed by atoms with van der Waals surface area (Å²) >= 11 is 0. The zero-order valence-corrected chi connectivity index (χ0v) is 14.9. The molecule has 1 aromatic carbocycles. The summed E-state index contributed by atoms with van der Waals surface area (Å²) in [7, 11) is 0. The molecule has 0 spiro atoms. The SMILES string of the molecule is CCOC[C@H](O)CN1CCN(C(=O)Cc2ccc3c(c2)CCO3)CC1. The smallest absolute Gasteiger partial charge is 0.227 e. The van der Waals surface area contributed by atoms with Gasteiger partial charge in [0.15, 0.2) is 0 Å². The fourth-order valence-corrected chi connectivity index (χ4v) is 3.42. The molecule has 0 radical (unpaired) electrons. The number of rotatable bonds is 7. The van der Waals surface area contributed by atoms with Gasteiger partial charge in [-0.15, -0.1) is 0 Å². The Kier molecular flexibility index (Phi) is 6.29. The highest BCUT2D eigenvalue weighted by atomic mass is 16.5. The molecule has 6 heteroatoms. The van der Waals surface area contributed by atoms with Crippen molar-refractivity contribution in [3.8, 4) is 5.75 Å². The van der Waals surface area contributed by atoms with Gasteiger partial charge in [-0.3, -0.25) is 9.69 Å². The number of aliphatic hydroxyl groups excluding tert-OH is 1. The van der Waals surface area contributed by atoms with Gasteiger partial charge in [-0.25, -0.2) is 0 Å². The first-order valence-electron chi connectivity index (χ1n) is 9.16. The third kappa shape index (κ3) is 4.93. The van der Waals surface area contributed by atoms with Gasteiger partial charge in [-0.05, 0) is 24.1 Å². The summed E-state index contributed by atoms with van der Waals surface area (Å²) in [5.41, 5.74) is 2.27. The molecule has 0 bridgehead atoms. The van der Waals surface area contributed by atoms with Crippen molar-refractivity contribution in [2.45, 2.75) is 25.9 Å². The molecule has 6 nitrogen and oxygen atoms in total. The second kappa shape index (κ2) is 8.65. The number of hydrogen-bond donors (Lipinski definition) is 1. The van der Waals surface area contributed by atoms with Crippen molar-refractivity contribution in [3.05, 3.63) is 29.3 Å². The van der Waals surface area contributed by atoms with Gasteiger partial charge < -0.3 is 19.5 Å². The van der Waals surface area contributed by atoms with Gasteiger partial charge in [0.2, 0.25) is 5.91 Å². The molecule has 2 aliphatic heterocycles. The minimum Gasteiger partial charge on any atom is -0.493 e. The monoisotopic (exact) mass is 348 g/mol. The Hall–Kier alpha value is -1.63. The predicted octanol–water partition coefficient (Wildman–Crippen LogP) is 0.706. The van der Waals surface area contributed by atoms with E-state index in [1.807, 2.05) is 24.0 Å². The first-order valence-corrected chi connectivity index (χ1v) is 9.16. The molecule has 0 unspecified atom stereocenters. The maximum absolute atomic E-state index is 12.5. The molecule has 1 atom stereocenters. The summed E-state index contributed by atoms with van der Waals surface area (Å²) in [6.45, 7) is 7.29. The van der Waals surface area contributed by atoms with Crippen LogP contribution in [0.15, 0.2) is 18.2 Å². The molecule has 2 heterocycles. The molecule has 1 aromatic rings. The molecule has 1 amide bonds. The first kappa shape index (κ1) is 18.2. The Morgan fingerprint density at radius 2 is 2.12 bits per heavy atom. The third-order valence-electron chi connectivity index (χ3n) is 4.82. The Morgan fingerprint density at radius 1 is 1.32 bits per heavy atom. The molecule has 0 saturated carbocycles. The number of piperazine rings is 1. The highest BCUT2D eigenvalue weighted by Gasteiger charge is 2.23. The summed E-state index contributed by atoms with van der Waals surface area (Å²) in [4.78, 5) is 16.7. The summed E-state index contributed by atoms with van der Waals surface area (Å²) < 4.78 is 10.8. The van der Waals surface area contributed by atoms with E-state index < -0.39 is 6.10 Å². The lowest BCUT2D eigenvalue weighted by molar-refractivity contribution is -0.132. The van der Waals surface area contributed by atoms with E-state index in [2.05, 4.69) is 11.0 Å². The Morgan fingerprint density at radius 3 is 2.88 bits per heavy atom. The number of carbonyl (C=O) groups excluding carboxylic acids is 1. The second-order valence-electron chi connectivity index (χ2n) is 6.71. The lowest BCUT2D eigenvalue weighted by Gasteiger charge is -2.35. The van der Waals surface area contributed by atoms with Crippen LogP contribution in [0.4, 0.5) is 0 Å². The summed E-state index contributed by atoms with van der Waals surface area (Å²) in [6, 6.07) is 6.06. The molecule has 138 valence electrons. The maximum atomic E-state index is 12.5. The van der Waals surface area contributed by atoms with Gasteiger partial charge in [0.05, 0.1) is 25.7 Å². The number of ether oxygens (including phenoxy) is 2. The van der Waals surface area contributed by atoms with E-state index in [0.29, 0.717) is 39.3 Å². The van der Waals surface area contributed by atoms with Gasteiger partial charge in [-0.2, -0.15) is 0 Å². The largest absolute Gasteiger partial charge is 0.493 e. The van der Waals surface area contributed by atoms with Crippen molar-refractivity contribution >= 4 is 5.91 Å². The van der Waals surface area contributed by atoms with Crippen LogP contribution in [0.1, 0.15) is 18.1 Å². The van der Waals surface area contributed by atoms with E-state index in [1.165, 1.54) is 5.56 Å². The number of β-amino-alcohol motifs (C(OH)–C–C–N with tert-alkyl or cyclic N) is 1. The van der Waals surface area contributed by atoms with Gasteiger partial charge in [0.25, 0.3) is 0 Å². The lowest BCUT2D eigenvalue weighted by Crippen LogP contribution is -2.51. The van der Waals surface area contributed by atoms with Gasteiger partial charge in [0.1, 0.15) is 5.75 Å². The van der Waals surface area contributed by atoms with Crippen LogP contribution in [-0.4, -0.2) is 79.5 Å². The van der Waals surface area contributed by atoms with Crippen LogP contribution >= 0.6 is 0 Å². The quantitative estimate of drug-likeness (QED) is 0.786. The van der Waals surface area contributed by atoms with Crippen LogP contribution in [0.25, 0.3) is 0 Å². The average molecular weight is 348 g/mol. The van der Waals surface area contributed by atoms with E-state index in [0.717, 1.165) is 37.4 Å². The summed E-state index contributed by atoms with van der Waals surface area (Å²) in [6.07, 6.45) is 0.913. The minimum atomic E-state index is -0.462. The van der Waals surface area contributed by atoms with Gasteiger partial charge >= 0.3 is 0 Å². The number of aliphatic hydroxyl groups is 1. The fourth-order valence-electron chi connectivity index (χ4n) is 3.42. The van der Waals surface area contributed by atoms with Crippen molar-refractivity contribution in [1.29, 1.82) is 0 Å². The van der Waals surface area contributed by atoms with Crippen LogP contribution < -0.4 is 4.74 Å². The first-order chi connectivity index (χ1) is 12.2. The van der Waals surface area contributed by atoms with Gasteiger partial charge in [0, 0.05) is 45.8 Å². The topological polar surface area (TPSA) is 62.2 Å². The van der Waals surface area contributed by atoms with E-state index in [9.17, 15) is 9.90 Å². The van der Waals surface area contributed by atoms with Crippen LogP contribution in [0.3, 0.4) is 0 Å². The number of fused-ring (bicyclic) bond motifs is 1. The van der Waals surface area contributed by atoms with Crippen LogP contribution in [-0.2, 0) is 22.4 Å². The molecule has 0 aromatic heterocycles. The van der Waals surface area contributed by atoms with Crippen molar-refractivity contribution in [3.63, 3.8) is 0 Å². The highest BCUT2D eigenvalue weighted by molar-refractivity contribution is 5.79. The molecule has 3 rings (SSSR count). The van der Waals surface area contributed by atoms with Gasteiger partial charge in [-0.1, -0.05) is 12.1 Å². The van der Waals surface area contributed by atoms with Crippen molar-refractivity contribution in [2.24, 2.45) is 0 Å². The van der Waals surface area contributed by atoms with Crippen LogP contribution in [0.2, 0.25) is 0 Å². The number of carbonyl (C=O) groups is 1. The minimum absolute atomic E-state index is 0.174. The maximum Gasteiger partial charge on any atom is 0.227 e. The molecule has 25 heavy (non-hydrogen) atoms. The van der Waals surface area contributed by atoms with Crippen molar-refractivity contribution < 1.29 is 19.4 Å². The fraction of sp³-hybridized carbons (Fsp3) is 0.632. The predicted molar refractivity (Wildman–Crippen MR) is 94.9 cm³/mol. The normalized spacial score (nSPS) is 18.7. The zero-order valence-electron chi connectivity index (χ0n) is 14.9. The lowest BCUT2D eigenvalue weighted by atomic mass is 10.1. The average Bonchev–Trinajstić information content (AvgIpc) is 3.08. The molecule has 0 aliphatic carbocycles. The summed E-state index contributed by atoms with van der Waals surface area (Å²) in [5.74, 6) is 1.13. The zero-order chi connectivity index (χ0) is 17.6. The van der Waals surface area contributed by atoms with Crippen LogP contribution in [0, 0.1) is 0 Å². The number of nitrogens with zero attached hydrogens (tertiary/aromatic N) is 2. The molecule has 2 aliphatic rings. The molecular weight excluding hydrogens is 320 g/mol. The Labute approximate surface area is 149 Å². The standard InChI is InChI=1S/C19H28N2O4/c1-2-24-14-17(22)13-20-6-8-21(9-7-20)19(23)12-15-3-4-18-16(11-15)5-10-25-18/h3-4,11,17,22H,2,5-10,12-14H2,1H3/t17-/m1/s1. The second-order valence-corrected chi connectivity index (χ2v) is 6.71. The number of amides is 1. The van der Waals surface area contributed by atoms with E-state index >= 15 is 0 Å². The summed E-state index contributed by atoms with van der Waals surface area (Å²) in [5, 5.41) is 9.92. The number of benzene rings is 1. The molecule has 1 fully saturated rings. The van der Waals surface area contributed by atoms with E-state index in [1.54, 1.807) is 0 Å². The third-order valence-corrected chi connectivity index (χ3v) is 4.82. The Balaban J connectivity index is 1.44.